The van der Waals surface area contributed by atoms with Crippen molar-refractivity contribution in [1.82, 2.24) is 15.5 Å². The number of rotatable bonds is 2. The maximum absolute atomic E-state index is 12.3. The molecule has 136 valence electrons. The zero-order chi connectivity index (χ0) is 16.9. The molecular weight excluding hydrogens is 306 g/mol. The summed E-state index contributed by atoms with van der Waals surface area (Å²) in [4.78, 5) is 25.5. The number of carbonyl (C=O) groups is 2. The van der Waals surface area contributed by atoms with Crippen LogP contribution < -0.4 is 10.6 Å². The number of hydrogen-bond acceptors (Lipinski definition) is 3. The number of carbonyl (C=O) groups excluding carboxylic acids is 2. The van der Waals surface area contributed by atoms with Crippen LogP contribution in [0.5, 0.6) is 0 Å². The molecule has 0 aromatic heterocycles. The molecule has 6 heteroatoms. The van der Waals surface area contributed by atoms with E-state index in [1.165, 1.54) is 39.2 Å². The molecule has 6 nitrogen and oxygen atoms in total. The van der Waals surface area contributed by atoms with E-state index >= 15 is 0 Å². The van der Waals surface area contributed by atoms with Crippen LogP contribution in [0.1, 0.15) is 57.8 Å². The third-order valence-electron chi connectivity index (χ3n) is 6.14. The molecule has 24 heavy (non-hydrogen) atoms. The van der Waals surface area contributed by atoms with Gasteiger partial charge in [0.1, 0.15) is 0 Å². The Morgan fingerprint density at radius 2 is 1.54 bits per heavy atom. The number of nitrogens with zero attached hydrogens (tertiary/aromatic N) is 1. The van der Waals surface area contributed by atoms with Crippen molar-refractivity contribution in [3.05, 3.63) is 0 Å². The van der Waals surface area contributed by atoms with Crippen LogP contribution >= 0.6 is 0 Å². The van der Waals surface area contributed by atoms with Crippen molar-refractivity contribution < 1.29 is 14.3 Å². The van der Waals surface area contributed by atoms with Crippen LogP contribution in [0.25, 0.3) is 0 Å². The maximum Gasteiger partial charge on any atom is 0.409 e. The van der Waals surface area contributed by atoms with E-state index in [1.807, 2.05) is 0 Å². The fraction of sp³-hybridized carbons (Fsp3) is 0.889. The van der Waals surface area contributed by atoms with Crippen molar-refractivity contribution in [2.24, 2.45) is 11.8 Å². The van der Waals surface area contributed by atoms with Gasteiger partial charge in [-0.2, -0.15) is 0 Å². The molecule has 1 saturated heterocycles. The first kappa shape index (κ1) is 17.4. The van der Waals surface area contributed by atoms with Crippen molar-refractivity contribution in [3.63, 3.8) is 0 Å². The van der Waals surface area contributed by atoms with E-state index in [4.69, 9.17) is 4.74 Å². The molecule has 3 amide bonds. The average Bonchev–Trinajstić information content (AvgIpc) is 2.61. The Morgan fingerprint density at radius 1 is 0.875 bits per heavy atom. The Hall–Kier alpha value is -1.46. The predicted molar refractivity (Wildman–Crippen MR) is 91.8 cm³/mol. The van der Waals surface area contributed by atoms with E-state index in [9.17, 15) is 9.59 Å². The molecule has 0 aromatic rings. The smallest absolute Gasteiger partial charge is 0.409 e. The molecule has 3 atom stereocenters. The molecule has 2 aliphatic carbocycles. The van der Waals surface area contributed by atoms with Gasteiger partial charge < -0.3 is 20.3 Å². The minimum Gasteiger partial charge on any atom is -0.453 e. The van der Waals surface area contributed by atoms with Gasteiger partial charge in [0.05, 0.1) is 7.11 Å². The number of urea groups is 1. The largest absolute Gasteiger partial charge is 0.453 e. The highest BCUT2D eigenvalue weighted by molar-refractivity contribution is 5.74. The van der Waals surface area contributed by atoms with E-state index < -0.39 is 0 Å². The van der Waals surface area contributed by atoms with Gasteiger partial charge in [-0.25, -0.2) is 9.59 Å². The van der Waals surface area contributed by atoms with Gasteiger partial charge in [-0.15, -0.1) is 0 Å². The van der Waals surface area contributed by atoms with Crippen LogP contribution in [-0.4, -0.2) is 49.3 Å². The van der Waals surface area contributed by atoms with E-state index in [1.54, 1.807) is 4.90 Å². The lowest BCUT2D eigenvalue weighted by atomic mass is 9.69. The zero-order valence-electron chi connectivity index (χ0n) is 14.8. The van der Waals surface area contributed by atoms with Crippen LogP contribution in [0.3, 0.4) is 0 Å². The van der Waals surface area contributed by atoms with Crippen molar-refractivity contribution in [1.29, 1.82) is 0 Å². The van der Waals surface area contributed by atoms with E-state index in [0.29, 0.717) is 19.1 Å². The molecular formula is C18H31N3O3. The van der Waals surface area contributed by atoms with Crippen molar-refractivity contribution in [3.8, 4) is 0 Å². The third-order valence-corrected chi connectivity index (χ3v) is 6.14. The molecule has 3 rings (SSSR count). The van der Waals surface area contributed by atoms with E-state index in [0.717, 1.165) is 37.5 Å². The number of nitrogens with one attached hydrogen (secondary N) is 2. The second-order valence-corrected chi connectivity index (χ2v) is 7.66. The summed E-state index contributed by atoms with van der Waals surface area (Å²) in [5.74, 6) is 1.73. The predicted octanol–water partition coefficient (Wildman–Crippen LogP) is 2.88. The van der Waals surface area contributed by atoms with Gasteiger partial charge in [0.2, 0.25) is 0 Å². The van der Waals surface area contributed by atoms with E-state index in [2.05, 4.69) is 10.6 Å². The molecule has 0 aromatic carbocycles. The second-order valence-electron chi connectivity index (χ2n) is 7.66. The lowest BCUT2D eigenvalue weighted by Crippen LogP contribution is -2.52. The number of ether oxygens (including phenoxy) is 1. The van der Waals surface area contributed by atoms with Crippen LogP contribution in [0.4, 0.5) is 9.59 Å². The minimum absolute atomic E-state index is 0.0363. The summed E-state index contributed by atoms with van der Waals surface area (Å²) in [5, 5.41) is 6.28. The average molecular weight is 337 g/mol. The summed E-state index contributed by atoms with van der Waals surface area (Å²) in [7, 11) is 1.40. The summed E-state index contributed by atoms with van der Waals surface area (Å²) in [6.07, 6.45) is 10.3. The van der Waals surface area contributed by atoms with Crippen molar-refractivity contribution in [2.45, 2.75) is 69.9 Å². The first-order valence-electron chi connectivity index (χ1n) is 9.55. The summed E-state index contributed by atoms with van der Waals surface area (Å²) in [6.45, 7) is 1.29. The first-order valence-corrected chi connectivity index (χ1v) is 9.55. The highest BCUT2D eigenvalue weighted by Crippen LogP contribution is 2.40. The van der Waals surface area contributed by atoms with Crippen molar-refractivity contribution in [2.75, 3.05) is 20.2 Å². The quantitative estimate of drug-likeness (QED) is 0.814. The lowest BCUT2D eigenvalue weighted by Gasteiger charge is -2.39. The summed E-state index contributed by atoms with van der Waals surface area (Å²) >= 11 is 0. The number of likely N-dealkylation sites (tertiary alicyclic amines) is 1. The lowest BCUT2D eigenvalue weighted by molar-refractivity contribution is 0.110. The number of hydrogen-bond donors (Lipinski definition) is 2. The molecule has 1 heterocycles. The summed E-state index contributed by atoms with van der Waals surface area (Å²) in [6, 6.07) is 0.446. The molecule has 0 unspecified atom stereocenters. The van der Waals surface area contributed by atoms with Gasteiger partial charge in [0, 0.05) is 25.2 Å². The third kappa shape index (κ3) is 4.33. The fourth-order valence-corrected chi connectivity index (χ4v) is 4.75. The van der Waals surface area contributed by atoms with Gasteiger partial charge in [-0.05, 0) is 43.9 Å². The summed E-state index contributed by atoms with van der Waals surface area (Å²) < 4.78 is 4.74. The number of piperidine rings is 1. The maximum atomic E-state index is 12.3. The van der Waals surface area contributed by atoms with Gasteiger partial charge in [0.25, 0.3) is 0 Å². The Balaban J connectivity index is 1.38. The SMILES string of the molecule is COC(=O)N1CCC(NC(=O)N[C@@H]2CC[C@@H]3CCCC[C@H]3C2)CC1. The van der Waals surface area contributed by atoms with Crippen LogP contribution in [0, 0.1) is 11.8 Å². The number of methoxy groups -OCH3 is 1. The molecule has 0 spiro atoms. The molecule has 3 aliphatic rings. The number of amides is 3. The van der Waals surface area contributed by atoms with Gasteiger partial charge in [0.15, 0.2) is 0 Å². The van der Waals surface area contributed by atoms with Gasteiger partial charge >= 0.3 is 12.1 Å². The normalized spacial score (nSPS) is 31.0. The fourth-order valence-electron chi connectivity index (χ4n) is 4.75. The molecule has 2 saturated carbocycles. The highest BCUT2D eigenvalue weighted by Gasteiger charge is 2.33. The molecule has 0 bridgehead atoms. The van der Waals surface area contributed by atoms with Crippen LogP contribution in [-0.2, 0) is 4.74 Å². The highest BCUT2D eigenvalue weighted by atomic mass is 16.5. The van der Waals surface area contributed by atoms with Crippen LogP contribution in [0.2, 0.25) is 0 Å². The monoisotopic (exact) mass is 337 g/mol. The Labute approximate surface area is 144 Å². The standard InChI is InChI=1S/C18H31N3O3/c1-24-18(23)21-10-8-15(9-11-21)19-17(22)20-16-7-6-13-4-2-3-5-14(13)12-16/h13-16H,2-12H2,1H3,(H2,19,20,22)/t13-,14-,16+/m0/s1. The minimum atomic E-state index is -0.276. The van der Waals surface area contributed by atoms with Crippen molar-refractivity contribution >= 4 is 12.1 Å². The van der Waals surface area contributed by atoms with Gasteiger partial charge in [-0.1, -0.05) is 25.7 Å². The van der Waals surface area contributed by atoms with Crippen LogP contribution in [0.15, 0.2) is 0 Å². The summed E-state index contributed by atoms with van der Waals surface area (Å²) in [5.41, 5.74) is 0. The Morgan fingerprint density at radius 3 is 2.25 bits per heavy atom. The second kappa shape index (κ2) is 8.08. The van der Waals surface area contributed by atoms with Gasteiger partial charge in [-0.3, -0.25) is 0 Å². The molecule has 3 fully saturated rings. The number of fused-ring (bicyclic) bond motifs is 1. The first-order chi connectivity index (χ1) is 11.7. The zero-order valence-corrected chi connectivity index (χ0v) is 14.8. The molecule has 2 N–H and O–H groups in total. The Kier molecular flexibility index (Phi) is 5.85. The molecule has 1 aliphatic heterocycles. The van der Waals surface area contributed by atoms with E-state index in [-0.39, 0.29) is 18.2 Å². The molecule has 0 radical (unpaired) electrons. The topological polar surface area (TPSA) is 70.7 Å². The Bertz CT molecular complexity index is 449.